The average Bonchev–Trinajstić information content (AvgIpc) is 3.42. The van der Waals surface area contributed by atoms with Crippen LogP contribution < -0.4 is 5.32 Å². The van der Waals surface area contributed by atoms with Crippen LogP contribution in [0.15, 0.2) is 36.4 Å². The van der Waals surface area contributed by atoms with E-state index in [0.29, 0.717) is 24.7 Å². The zero-order valence-corrected chi connectivity index (χ0v) is 19.3. The molecule has 1 aromatic rings. The number of benzene rings is 1. The van der Waals surface area contributed by atoms with Gasteiger partial charge in [0.05, 0.1) is 24.5 Å². The third kappa shape index (κ3) is 3.96. The standard InChI is InChI=1S/C24H31ClN4O3/c1-27-11-13-28(14-12-27)10-4-9-26-22(30)20-19-7-8-24(32-19)16-29(23(31)21(20)24)15-17-5-2-3-6-18(17)25/h2-3,5-8,19-21H,4,9-16H2,1H3,(H,26,30)/t19-,20+,21-,24-/m1/s1. The normalized spacial score (nSPS) is 32.0. The molecule has 2 amide bonds. The fourth-order valence-corrected chi connectivity index (χ4v) is 5.74. The minimum Gasteiger partial charge on any atom is -0.360 e. The lowest BCUT2D eigenvalue weighted by Gasteiger charge is -2.32. The lowest BCUT2D eigenvalue weighted by Crippen LogP contribution is -2.46. The van der Waals surface area contributed by atoms with Crippen LogP contribution in [-0.2, 0) is 20.9 Å². The highest BCUT2D eigenvalue weighted by Crippen LogP contribution is 2.52. The zero-order valence-electron chi connectivity index (χ0n) is 18.5. The predicted molar refractivity (Wildman–Crippen MR) is 122 cm³/mol. The molecule has 4 aliphatic heterocycles. The van der Waals surface area contributed by atoms with E-state index in [9.17, 15) is 9.59 Å². The number of fused-ring (bicyclic) bond motifs is 1. The summed E-state index contributed by atoms with van der Waals surface area (Å²) in [5.74, 6) is -1.02. The van der Waals surface area contributed by atoms with Gasteiger partial charge in [0.2, 0.25) is 11.8 Å². The van der Waals surface area contributed by atoms with Crippen LogP contribution in [0.4, 0.5) is 0 Å². The molecule has 1 aromatic carbocycles. The number of carbonyl (C=O) groups is 2. The van der Waals surface area contributed by atoms with Gasteiger partial charge in [-0.05, 0) is 31.6 Å². The van der Waals surface area contributed by atoms with Crippen LogP contribution in [0.2, 0.25) is 5.02 Å². The second kappa shape index (κ2) is 8.78. The number of carbonyl (C=O) groups excluding carboxylic acids is 2. The molecule has 1 spiro atoms. The first-order chi connectivity index (χ1) is 15.5. The van der Waals surface area contributed by atoms with E-state index >= 15 is 0 Å². The van der Waals surface area contributed by atoms with Crippen LogP contribution in [-0.4, -0.2) is 91.1 Å². The van der Waals surface area contributed by atoms with Crippen molar-refractivity contribution in [2.45, 2.75) is 24.7 Å². The molecule has 0 saturated carbocycles. The summed E-state index contributed by atoms with van der Waals surface area (Å²) in [5, 5.41) is 3.72. The maximum atomic E-state index is 13.3. The van der Waals surface area contributed by atoms with Crippen LogP contribution in [0, 0.1) is 11.8 Å². The van der Waals surface area contributed by atoms with E-state index in [2.05, 4.69) is 22.2 Å². The van der Waals surface area contributed by atoms with E-state index in [1.54, 1.807) is 4.90 Å². The maximum Gasteiger partial charge on any atom is 0.230 e. The van der Waals surface area contributed by atoms with Gasteiger partial charge in [-0.3, -0.25) is 9.59 Å². The van der Waals surface area contributed by atoms with Crippen molar-refractivity contribution in [3.8, 4) is 0 Å². The summed E-state index contributed by atoms with van der Waals surface area (Å²) < 4.78 is 6.22. The molecule has 0 aromatic heterocycles. The summed E-state index contributed by atoms with van der Waals surface area (Å²) in [4.78, 5) is 33.0. The topological polar surface area (TPSA) is 65.1 Å². The van der Waals surface area contributed by atoms with Crippen LogP contribution in [0.1, 0.15) is 12.0 Å². The molecular weight excluding hydrogens is 428 g/mol. The molecule has 32 heavy (non-hydrogen) atoms. The maximum absolute atomic E-state index is 13.3. The van der Waals surface area contributed by atoms with Crippen LogP contribution >= 0.6 is 11.6 Å². The third-order valence-corrected chi connectivity index (χ3v) is 7.72. The SMILES string of the molecule is CN1CCN(CCCNC(=O)[C@H]2[C@H]3C=C[C@]4(CN(Cc5ccccc5Cl)C(=O)[C@@H]24)O3)CC1. The molecule has 0 radical (unpaired) electrons. The van der Waals surface area contributed by atoms with Crippen molar-refractivity contribution in [3.05, 3.63) is 47.0 Å². The second-order valence-electron chi connectivity index (χ2n) is 9.48. The van der Waals surface area contributed by atoms with Gasteiger partial charge in [0.1, 0.15) is 5.60 Å². The zero-order chi connectivity index (χ0) is 22.3. The number of rotatable bonds is 7. The number of nitrogens with one attached hydrogen (secondary N) is 1. The Labute approximate surface area is 194 Å². The molecule has 1 N–H and O–H groups in total. The summed E-state index contributed by atoms with van der Waals surface area (Å²) in [5.41, 5.74) is 0.215. The fourth-order valence-electron chi connectivity index (χ4n) is 5.55. The molecule has 3 saturated heterocycles. The van der Waals surface area contributed by atoms with Gasteiger partial charge in [-0.15, -0.1) is 0 Å². The van der Waals surface area contributed by atoms with Crippen LogP contribution in [0.3, 0.4) is 0 Å². The molecule has 0 unspecified atom stereocenters. The molecule has 8 heteroatoms. The lowest BCUT2D eigenvalue weighted by atomic mass is 9.77. The van der Waals surface area contributed by atoms with Crippen molar-refractivity contribution < 1.29 is 14.3 Å². The predicted octanol–water partition coefficient (Wildman–Crippen LogP) is 1.38. The fraction of sp³-hybridized carbons (Fsp3) is 0.583. The monoisotopic (exact) mass is 458 g/mol. The van der Waals surface area contributed by atoms with E-state index in [4.69, 9.17) is 16.3 Å². The Hall–Kier alpha value is -1.93. The number of halogens is 1. The van der Waals surface area contributed by atoms with Gasteiger partial charge in [-0.25, -0.2) is 0 Å². The molecule has 4 atom stereocenters. The molecule has 2 bridgehead atoms. The summed E-state index contributed by atoms with van der Waals surface area (Å²) in [6.07, 6.45) is 4.54. The largest absolute Gasteiger partial charge is 0.360 e. The van der Waals surface area contributed by atoms with Crippen molar-refractivity contribution >= 4 is 23.4 Å². The van der Waals surface area contributed by atoms with Crippen molar-refractivity contribution in [3.63, 3.8) is 0 Å². The number of hydrogen-bond donors (Lipinski definition) is 1. The van der Waals surface area contributed by atoms with Crippen molar-refractivity contribution in [1.29, 1.82) is 0 Å². The van der Waals surface area contributed by atoms with Gasteiger partial charge >= 0.3 is 0 Å². The number of amides is 2. The van der Waals surface area contributed by atoms with Crippen molar-refractivity contribution in [1.82, 2.24) is 20.0 Å². The lowest BCUT2D eigenvalue weighted by molar-refractivity contribution is -0.137. The van der Waals surface area contributed by atoms with E-state index in [-0.39, 0.29) is 17.9 Å². The van der Waals surface area contributed by atoms with Crippen molar-refractivity contribution in [2.24, 2.45) is 11.8 Å². The van der Waals surface area contributed by atoms with E-state index in [0.717, 1.165) is 44.7 Å². The Morgan fingerprint density at radius 1 is 1.25 bits per heavy atom. The first kappa shape index (κ1) is 21.9. The summed E-state index contributed by atoms with van der Waals surface area (Å²) >= 11 is 6.31. The number of ether oxygens (including phenoxy) is 1. The van der Waals surface area contributed by atoms with Gasteiger partial charge in [0.25, 0.3) is 0 Å². The minimum absolute atomic E-state index is 0.0191. The van der Waals surface area contributed by atoms with E-state index < -0.39 is 17.4 Å². The smallest absolute Gasteiger partial charge is 0.230 e. The molecular formula is C24H31ClN4O3. The van der Waals surface area contributed by atoms with Gasteiger partial charge in [-0.1, -0.05) is 42.0 Å². The minimum atomic E-state index is -0.690. The highest BCUT2D eigenvalue weighted by molar-refractivity contribution is 6.31. The molecule has 5 rings (SSSR count). The Kier molecular flexibility index (Phi) is 6.01. The Bertz CT molecular complexity index is 916. The highest BCUT2D eigenvalue weighted by Gasteiger charge is 2.66. The Morgan fingerprint density at radius 2 is 2.03 bits per heavy atom. The van der Waals surface area contributed by atoms with E-state index in [1.165, 1.54) is 0 Å². The van der Waals surface area contributed by atoms with Gasteiger partial charge in [0, 0.05) is 44.3 Å². The Balaban J connectivity index is 1.18. The number of likely N-dealkylation sites (tertiary alicyclic amines) is 1. The van der Waals surface area contributed by atoms with Crippen LogP contribution in [0.25, 0.3) is 0 Å². The summed E-state index contributed by atoms with van der Waals surface area (Å²) in [7, 11) is 2.15. The van der Waals surface area contributed by atoms with Crippen LogP contribution in [0.5, 0.6) is 0 Å². The summed E-state index contributed by atoms with van der Waals surface area (Å²) in [6, 6.07) is 7.56. The second-order valence-corrected chi connectivity index (χ2v) is 9.88. The number of likely N-dealkylation sites (N-methyl/N-ethyl adjacent to an activating group) is 1. The number of piperazine rings is 1. The molecule has 4 aliphatic rings. The first-order valence-electron chi connectivity index (χ1n) is 11.5. The first-order valence-corrected chi connectivity index (χ1v) is 11.9. The Morgan fingerprint density at radius 3 is 2.81 bits per heavy atom. The average molecular weight is 459 g/mol. The van der Waals surface area contributed by atoms with Gasteiger partial charge < -0.3 is 24.8 Å². The van der Waals surface area contributed by atoms with Crippen molar-refractivity contribution in [2.75, 3.05) is 52.9 Å². The summed E-state index contributed by atoms with van der Waals surface area (Å²) in [6.45, 7) is 6.83. The third-order valence-electron chi connectivity index (χ3n) is 7.35. The van der Waals surface area contributed by atoms with Gasteiger partial charge in [0.15, 0.2) is 0 Å². The quantitative estimate of drug-likeness (QED) is 0.494. The number of nitrogens with zero attached hydrogens (tertiary/aromatic N) is 3. The van der Waals surface area contributed by atoms with E-state index in [1.807, 2.05) is 36.4 Å². The molecule has 0 aliphatic carbocycles. The number of hydrogen-bond acceptors (Lipinski definition) is 5. The molecule has 7 nitrogen and oxygen atoms in total. The molecule has 3 fully saturated rings. The molecule has 4 heterocycles. The molecule has 172 valence electrons. The van der Waals surface area contributed by atoms with Gasteiger partial charge in [-0.2, -0.15) is 0 Å². The highest BCUT2D eigenvalue weighted by atomic mass is 35.5.